The van der Waals surface area contributed by atoms with E-state index in [4.69, 9.17) is 10.7 Å². The number of hydrogen-bond acceptors (Lipinski definition) is 7. The van der Waals surface area contributed by atoms with E-state index < -0.39 is 11.3 Å². The van der Waals surface area contributed by atoms with Crippen LogP contribution in [0, 0.1) is 0 Å². The molecule has 0 aliphatic heterocycles. The van der Waals surface area contributed by atoms with Gasteiger partial charge in [-0.3, -0.25) is 0 Å². The predicted octanol–water partition coefficient (Wildman–Crippen LogP) is 3.28. The van der Waals surface area contributed by atoms with Gasteiger partial charge in [-0.15, -0.1) is 0 Å². The van der Waals surface area contributed by atoms with Gasteiger partial charge in [0.25, 0.3) is 0 Å². The number of nitrogens with one attached hydrogen (secondary N) is 2. The topological polar surface area (TPSA) is 120 Å². The first-order chi connectivity index (χ1) is 14.7. The van der Waals surface area contributed by atoms with Crippen molar-refractivity contribution in [3.8, 4) is 0 Å². The molecule has 0 radical (unpaired) electrons. The summed E-state index contributed by atoms with van der Waals surface area (Å²) in [7, 11) is 3.24. The Hall–Kier alpha value is -2.05. The van der Waals surface area contributed by atoms with Gasteiger partial charge < -0.3 is 20.9 Å². The molecule has 4 rings (SSSR count). The zero-order chi connectivity index (χ0) is 22.2. The zero-order valence-electron chi connectivity index (χ0n) is 17.4. The van der Waals surface area contributed by atoms with Crippen LogP contribution >= 0.6 is 15.9 Å². The van der Waals surface area contributed by atoms with Crippen LogP contribution < -0.4 is 20.3 Å². The first kappa shape index (κ1) is 22.2. The monoisotopic (exact) mass is 507 g/mol. The van der Waals surface area contributed by atoms with E-state index in [9.17, 15) is 8.76 Å². The summed E-state index contributed by atoms with van der Waals surface area (Å²) in [6.45, 7) is 0. The molecule has 0 spiro atoms. The molecule has 11 heteroatoms. The summed E-state index contributed by atoms with van der Waals surface area (Å²) in [5.41, 5.74) is 8.21. The smallest absolute Gasteiger partial charge is 0.173 e. The van der Waals surface area contributed by atoms with Crippen LogP contribution in [0.5, 0.6) is 0 Å². The van der Waals surface area contributed by atoms with Gasteiger partial charge in [0.1, 0.15) is 17.3 Å². The summed E-state index contributed by atoms with van der Waals surface area (Å²) in [5.74, 6) is 1.52. The van der Waals surface area contributed by atoms with Gasteiger partial charge in [0, 0.05) is 36.0 Å². The third-order valence-corrected chi connectivity index (χ3v) is 7.20. The highest BCUT2D eigenvalue weighted by molar-refractivity contribution is 9.10. The molecule has 3 aromatic rings. The third kappa shape index (κ3) is 4.75. The van der Waals surface area contributed by atoms with Crippen LogP contribution in [0.25, 0.3) is 5.65 Å². The number of benzene rings is 1. The molecular formula is C20H26BrN7O2S. The van der Waals surface area contributed by atoms with Gasteiger partial charge in [-0.2, -0.15) is 9.61 Å². The third-order valence-electron chi connectivity index (χ3n) is 5.69. The molecule has 1 fully saturated rings. The number of anilines is 3. The molecule has 0 bridgehead atoms. The molecule has 2 aromatic heterocycles. The maximum atomic E-state index is 11.5. The summed E-state index contributed by atoms with van der Waals surface area (Å²) in [6.07, 6.45) is 5.78. The van der Waals surface area contributed by atoms with Crippen molar-refractivity contribution < 1.29 is 8.76 Å². The van der Waals surface area contributed by atoms with Gasteiger partial charge in [0.2, 0.25) is 0 Å². The maximum Gasteiger partial charge on any atom is 0.173 e. The van der Waals surface area contributed by atoms with E-state index in [0.29, 0.717) is 23.4 Å². The lowest BCUT2D eigenvalue weighted by atomic mass is 9.92. The molecule has 166 valence electrons. The first-order valence-electron chi connectivity index (χ1n) is 10.1. The van der Waals surface area contributed by atoms with Crippen molar-refractivity contribution in [2.45, 2.75) is 37.8 Å². The van der Waals surface area contributed by atoms with Crippen molar-refractivity contribution in [1.82, 2.24) is 18.5 Å². The minimum atomic E-state index is -2.27. The minimum Gasteiger partial charge on any atom is -0.724 e. The lowest BCUT2D eigenvalue weighted by Gasteiger charge is -2.29. The predicted molar refractivity (Wildman–Crippen MR) is 127 cm³/mol. The fourth-order valence-corrected chi connectivity index (χ4v) is 4.35. The molecule has 1 aliphatic rings. The number of fused-ring (bicyclic) bond motifs is 1. The van der Waals surface area contributed by atoms with E-state index in [1.165, 1.54) is 0 Å². The van der Waals surface area contributed by atoms with Gasteiger partial charge in [-0.25, -0.2) is 13.1 Å². The highest BCUT2D eigenvalue weighted by atomic mass is 79.9. The SMILES string of the molecule is C[N+](C)(c1ccc(Nc2cc(NC3CCC(N)CC3)nc3c(Br)cnn23)cc1)S(=O)[O-]. The molecule has 1 saturated carbocycles. The molecule has 0 amide bonds. The van der Waals surface area contributed by atoms with Crippen molar-refractivity contribution >= 4 is 55.9 Å². The quantitative estimate of drug-likeness (QED) is 0.345. The number of nitrogens with two attached hydrogens (primary N) is 1. The molecule has 0 saturated heterocycles. The van der Waals surface area contributed by atoms with Crippen molar-refractivity contribution in [3.05, 3.63) is 41.0 Å². The molecule has 1 aliphatic carbocycles. The van der Waals surface area contributed by atoms with Crippen molar-refractivity contribution in [1.29, 1.82) is 0 Å². The molecule has 1 aromatic carbocycles. The van der Waals surface area contributed by atoms with E-state index in [-0.39, 0.29) is 3.89 Å². The van der Waals surface area contributed by atoms with Crippen LogP contribution in [-0.4, -0.2) is 49.5 Å². The fraction of sp³-hybridized carbons (Fsp3) is 0.400. The average molecular weight is 508 g/mol. The average Bonchev–Trinajstić information content (AvgIpc) is 3.11. The van der Waals surface area contributed by atoms with Gasteiger partial charge in [0.05, 0.1) is 24.8 Å². The molecule has 4 N–H and O–H groups in total. The molecular weight excluding hydrogens is 482 g/mol. The fourth-order valence-electron chi connectivity index (χ4n) is 3.71. The summed E-state index contributed by atoms with van der Waals surface area (Å²) in [4.78, 5) is 4.72. The van der Waals surface area contributed by atoms with Crippen molar-refractivity contribution in [2.75, 3.05) is 24.7 Å². The Morgan fingerprint density at radius 3 is 2.55 bits per heavy atom. The number of quaternary nitrogens is 1. The van der Waals surface area contributed by atoms with Gasteiger partial charge in [-0.1, -0.05) is 0 Å². The van der Waals surface area contributed by atoms with E-state index >= 15 is 0 Å². The number of hydrogen-bond donors (Lipinski definition) is 3. The van der Waals surface area contributed by atoms with E-state index in [1.54, 1.807) is 36.9 Å². The maximum absolute atomic E-state index is 11.5. The molecule has 1 unspecified atom stereocenters. The summed E-state index contributed by atoms with van der Waals surface area (Å²) in [6, 6.07) is 9.85. The Balaban J connectivity index is 1.60. The molecule has 31 heavy (non-hydrogen) atoms. The highest BCUT2D eigenvalue weighted by Gasteiger charge is 2.21. The van der Waals surface area contributed by atoms with Crippen LogP contribution in [0.4, 0.5) is 23.0 Å². The number of rotatable bonds is 6. The van der Waals surface area contributed by atoms with Crippen molar-refractivity contribution in [3.63, 3.8) is 0 Å². The molecule has 1 atom stereocenters. The highest BCUT2D eigenvalue weighted by Crippen LogP contribution is 2.28. The minimum absolute atomic E-state index is 0.245. The standard InChI is InChI=1S/C20H26BrN7O2S/c1-28(2,31(29)30)16-9-7-15(8-10-16)25-19-11-18(24-14-5-3-13(22)4-6-14)26-20-17(21)12-23-27(19)20/h7-14,25H,3-6,22H2,1-2H3,(H-,24,26,29,30). The second-order valence-corrected chi connectivity index (χ2v) is 10.5. The zero-order valence-corrected chi connectivity index (χ0v) is 19.8. The van der Waals surface area contributed by atoms with Crippen LogP contribution in [-0.2, 0) is 11.3 Å². The second-order valence-electron chi connectivity index (χ2n) is 8.25. The van der Waals surface area contributed by atoms with E-state index in [2.05, 4.69) is 31.7 Å². The Bertz CT molecular complexity index is 1090. The Labute approximate surface area is 192 Å². The van der Waals surface area contributed by atoms with Crippen LogP contribution in [0.1, 0.15) is 25.7 Å². The summed E-state index contributed by atoms with van der Waals surface area (Å²) < 4.78 is 25.3. The normalized spacial score (nSPS) is 20.5. The van der Waals surface area contributed by atoms with Crippen molar-refractivity contribution in [2.24, 2.45) is 5.73 Å². The van der Waals surface area contributed by atoms with Crippen LogP contribution in [0.15, 0.2) is 41.0 Å². The summed E-state index contributed by atoms with van der Waals surface area (Å²) >= 11 is 1.25. The Kier molecular flexibility index (Phi) is 6.31. The second kappa shape index (κ2) is 8.83. The van der Waals surface area contributed by atoms with Gasteiger partial charge in [0.15, 0.2) is 16.9 Å². The van der Waals surface area contributed by atoms with E-state index in [1.807, 2.05) is 18.2 Å². The van der Waals surface area contributed by atoms with Gasteiger partial charge in [-0.05, 0) is 53.7 Å². The van der Waals surface area contributed by atoms with Gasteiger partial charge >= 0.3 is 0 Å². The van der Waals surface area contributed by atoms with Crippen LogP contribution in [0.2, 0.25) is 0 Å². The Morgan fingerprint density at radius 2 is 1.90 bits per heavy atom. The lowest BCUT2D eigenvalue weighted by molar-refractivity contribution is 0.410. The van der Waals surface area contributed by atoms with Crippen LogP contribution in [0.3, 0.4) is 0 Å². The first-order valence-corrected chi connectivity index (χ1v) is 11.9. The molecule has 2 heterocycles. The number of aromatic nitrogens is 3. The largest absolute Gasteiger partial charge is 0.724 e. The Morgan fingerprint density at radius 1 is 1.23 bits per heavy atom. The van der Waals surface area contributed by atoms with E-state index in [0.717, 1.165) is 47.5 Å². The lowest BCUT2D eigenvalue weighted by Crippen LogP contribution is -2.41. The number of nitrogens with zero attached hydrogens (tertiary/aromatic N) is 4. The molecule has 9 nitrogen and oxygen atoms in total. The summed E-state index contributed by atoms with van der Waals surface area (Å²) in [5, 5.41) is 11.3. The number of halogens is 1.